The third-order valence-electron chi connectivity index (χ3n) is 5.23. The number of nitrogens with zero attached hydrogens (tertiary/aromatic N) is 4. The van der Waals surface area contributed by atoms with Crippen LogP contribution in [0.5, 0.6) is 0 Å². The number of fused-ring (bicyclic) bond motifs is 1. The van der Waals surface area contributed by atoms with Crippen molar-refractivity contribution in [3.63, 3.8) is 0 Å². The minimum absolute atomic E-state index is 0.344. The van der Waals surface area contributed by atoms with Crippen LogP contribution in [0.4, 0.5) is 4.39 Å². The van der Waals surface area contributed by atoms with Crippen LogP contribution in [-0.4, -0.2) is 19.7 Å². The fourth-order valence-corrected chi connectivity index (χ4v) is 4.80. The molecule has 2 aromatic heterocycles. The zero-order chi connectivity index (χ0) is 22.1. The number of halogens is 2. The highest BCUT2D eigenvalue weighted by Crippen LogP contribution is 2.33. The molecule has 5 rings (SSSR count). The highest BCUT2D eigenvalue weighted by Gasteiger charge is 2.17. The molecule has 0 radical (unpaired) electrons. The predicted molar refractivity (Wildman–Crippen MR) is 128 cm³/mol. The van der Waals surface area contributed by atoms with Gasteiger partial charge in [0.1, 0.15) is 5.82 Å². The molecule has 4 nitrogen and oxygen atoms in total. The summed E-state index contributed by atoms with van der Waals surface area (Å²) >= 11 is 7.68. The Balaban J connectivity index is 1.54. The van der Waals surface area contributed by atoms with Crippen molar-refractivity contribution in [3.8, 4) is 22.6 Å². The van der Waals surface area contributed by atoms with Crippen molar-refractivity contribution in [3.05, 3.63) is 95.3 Å². The van der Waals surface area contributed by atoms with Crippen molar-refractivity contribution in [2.75, 3.05) is 0 Å². The van der Waals surface area contributed by atoms with E-state index < -0.39 is 0 Å². The Morgan fingerprint density at radius 1 is 0.938 bits per heavy atom. The molecule has 0 amide bonds. The second-order valence-electron chi connectivity index (χ2n) is 7.33. The molecule has 0 saturated carbocycles. The van der Waals surface area contributed by atoms with Crippen molar-refractivity contribution in [1.82, 2.24) is 19.7 Å². The summed E-state index contributed by atoms with van der Waals surface area (Å²) in [7, 11) is 1.95. The first-order chi connectivity index (χ1) is 15.6. The lowest BCUT2D eigenvalue weighted by atomic mass is 10.0. The zero-order valence-electron chi connectivity index (χ0n) is 17.2. The minimum atomic E-state index is -0.344. The summed E-state index contributed by atoms with van der Waals surface area (Å²) in [5.41, 5.74) is 4.65. The van der Waals surface area contributed by atoms with E-state index in [1.165, 1.54) is 23.9 Å². The lowest BCUT2D eigenvalue weighted by molar-refractivity contribution is 0.627. The number of benzene rings is 3. The van der Waals surface area contributed by atoms with Crippen molar-refractivity contribution < 1.29 is 4.39 Å². The zero-order valence-corrected chi connectivity index (χ0v) is 18.7. The lowest BCUT2D eigenvalue weighted by Gasteiger charge is -2.10. The molecule has 0 N–H and O–H groups in total. The van der Waals surface area contributed by atoms with E-state index in [1.807, 2.05) is 66.2 Å². The first kappa shape index (κ1) is 20.7. The molecule has 0 aliphatic carbocycles. The highest BCUT2D eigenvalue weighted by atomic mass is 35.5. The molecule has 3 aromatic carbocycles. The Morgan fingerprint density at radius 2 is 1.72 bits per heavy atom. The lowest BCUT2D eigenvalue weighted by Crippen LogP contribution is -1.97. The van der Waals surface area contributed by atoms with Gasteiger partial charge in [-0.05, 0) is 29.8 Å². The molecule has 0 aliphatic heterocycles. The van der Waals surface area contributed by atoms with Gasteiger partial charge in [0.15, 0.2) is 11.0 Å². The van der Waals surface area contributed by atoms with Crippen LogP contribution in [-0.2, 0) is 12.8 Å². The average Bonchev–Trinajstić information content (AvgIpc) is 3.18. The van der Waals surface area contributed by atoms with E-state index in [1.54, 1.807) is 6.07 Å². The van der Waals surface area contributed by atoms with E-state index in [9.17, 15) is 4.39 Å². The number of rotatable bonds is 5. The maximum absolute atomic E-state index is 13.3. The summed E-state index contributed by atoms with van der Waals surface area (Å²) in [5.74, 6) is 0.981. The Labute approximate surface area is 194 Å². The SMILES string of the molecule is Cn1c(SCc2ccc(F)cc2Cl)nnc1-c1cc(-c2ccccc2)nc2ccccc12. The van der Waals surface area contributed by atoms with Gasteiger partial charge >= 0.3 is 0 Å². The van der Waals surface area contributed by atoms with E-state index in [4.69, 9.17) is 16.6 Å². The van der Waals surface area contributed by atoms with Gasteiger partial charge in [-0.3, -0.25) is 0 Å². The van der Waals surface area contributed by atoms with Crippen molar-refractivity contribution in [2.45, 2.75) is 10.9 Å². The van der Waals surface area contributed by atoms with Crippen LogP contribution in [0.3, 0.4) is 0 Å². The molecule has 0 fully saturated rings. The molecule has 0 aliphatic rings. The summed E-state index contributed by atoms with van der Waals surface area (Å²) in [4.78, 5) is 4.85. The Hall–Kier alpha value is -3.22. The number of aromatic nitrogens is 4. The van der Waals surface area contributed by atoms with Gasteiger partial charge in [0.25, 0.3) is 0 Å². The highest BCUT2D eigenvalue weighted by molar-refractivity contribution is 7.98. The minimum Gasteiger partial charge on any atom is -0.305 e. The van der Waals surface area contributed by atoms with Crippen molar-refractivity contribution >= 4 is 34.3 Å². The Morgan fingerprint density at radius 3 is 2.53 bits per heavy atom. The third-order valence-corrected chi connectivity index (χ3v) is 6.65. The van der Waals surface area contributed by atoms with Gasteiger partial charge in [0.05, 0.1) is 11.2 Å². The second kappa shape index (κ2) is 8.73. The van der Waals surface area contributed by atoms with Crippen LogP contribution in [0.25, 0.3) is 33.5 Å². The Kier molecular flexibility index (Phi) is 5.64. The largest absolute Gasteiger partial charge is 0.305 e. The maximum atomic E-state index is 13.3. The van der Waals surface area contributed by atoms with Crippen molar-refractivity contribution in [2.24, 2.45) is 7.05 Å². The van der Waals surface area contributed by atoms with Gasteiger partial charge in [-0.2, -0.15) is 0 Å². The summed E-state index contributed by atoms with van der Waals surface area (Å²) in [6.07, 6.45) is 0. The first-order valence-electron chi connectivity index (χ1n) is 10.0. The summed E-state index contributed by atoms with van der Waals surface area (Å²) in [6.45, 7) is 0. The number of hydrogen-bond donors (Lipinski definition) is 0. The number of para-hydroxylation sites is 1. The molecule has 0 spiro atoms. The van der Waals surface area contributed by atoms with E-state index in [2.05, 4.69) is 16.3 Å². The van der Waals surface area contributed by atoms with Gasteiger partial charge in [-0.25, -0.2) is 9.37 Å². The number of thioether (sulfide) groups is 1. The van der Waals surface area contributed by atoms with E-state index in [-0.39, 0.29) is 5.82 Å². The molecule has 0 atom stereocenters. The molecular formula is C25H18ClFN4S. The quantitative estimate of drug-likeness (QED) is 0.271. The van der Waals surface area contributed by atoms with Gasteiger partial charge in [0.2, 0.25) is 0 Å². The summed E-state index contributed by atoms with van der Waals surface area (Å²) in [5, 5.41) is 11.1. The average molecular weight is 461 g/mol. The molecular weight excluding hydrogens is 443 g/mol. The number of pyridine rings is 1. The monoisotopic (exact) mass is 460 g/mol. The van der Waals surface area contributed by atoms with E-state index >= 15 is 0 Å². The fraction of sp³-hybridized carbons (Fsp3) is 0.0800. The summed E-state index contributed by atoms with van der Waals surface area (Å²) in [6, 6.07) is 24.6. The van der Waals surface area contributed by atoms with Crippen LogP contribution in [0, 0.1) is 5.82 Å². The molecule has 0 unspecified atom stereocenters. The van der Waals surface area contributed by atoms with Gasteiger partial charge in [-0.1, -0.05) is 78.0 Å². The van der Waals surface area contributed by atoms with Gasteiger partial charge in [-0.15, -0.1) is 10.2 Å². The van der Waals surface area contributed by atoms with Crippen LogP contribution in [0.15, 0.2) is 84.0 Å². The van der Waals surface area contributed by atoms with E-state index in [0.29, 0.717) is 10.8 Å². The second-order valence-corrected chi connectivity index (χ2v) is 8.68. The Bertz CT molecular complexity index is 1420. The molecule has 7 heteroatoms. The molecule has 0 bridgehead atoms. The third kappa shape index (κ3) is 3.99. The van der Waals surface area contributed by atoms with Crippen LogP contribution in [0.1, 0.15) is 5.56 Å². The van der Waals surface area contributed by atoms with Crippen LogP contribution < -0.4 is 0 Å². The first-order valence-corrected chi connectivity index (χ1v) is 11.4. The molecule has 2 heterocycles. The van der Waals surface area contributed by atoms with Crippen LogP contribution in [0.2, 0.25) is 5.02 Å². The van der Waals surface area contributed by atoms with Crippen molar-refractivity contribution in [1.29, 1.82) is 0 Å². The van der Waals surface area contributed by atoms with Gasteiger partial charge < -0.3 is 4.57 Å². The standard InChI is InChI=1S/C25H18ClFN4S/c1-31-24(29-30-25(31)32-15-17-11-12-18(27)13-21(17)26)20-14-23(16-7-3-2-4-8-16)28-22-10-6-5-9-19(20)22/h2-14H,15H2,1H3. The smallest absolute Gasteiger partial charge is 0.191 e. The summed E-state index contributed by atoms with van der Waals surface area (Å²) < 4.78 is 15.3. The molecule has 5 aromatic rings. The number of hydrogen-bond acceptors (Lipinski definition) is 4. The fourth-order valence-electron chi connectivity index (χ4n) is 3.57. The molecule has 0 saturated heterocycles. The normalized spacial score (nSPS) is 11.2. The topological polar surface area (TPSA) is 43.6 Å². The van der Waals surface area contributed by atoms with E-state index in [0.717, 1.165) is 44.3 Å². The maximum Gasteiger partial charge on any atom is 0.191 e. The predicted octanol–water partition coefficient (Wildman–Crippen LogP) is 6.78. The molecule has 32 heavy (non-hydrogen) atoms. The van der Waals surface area contributed by atoms with Crippen LogP contribution >= 0.6 is 23.4 Å². The van der Waals surface area contributed by atoms with Gasteiger partial charge in [0, 0.05) is 34.3 Å². The molecule has 158 valence electrons.